The summed E-state index contributed by atoms with van der Waals surface area (Å²) in [4.78, 5) is 8.37. The predicted octanol–water partition coefficient (Wildman–Crippen LogP) is 3.55. The molecule has 108 valence electrons. The zero-order valence-corrected chi connectivity index (χ0v) is 12.3. The summed E-state index contributed by atoms with van der Waals surface area (Å²) >= 11 is 0. The van der Waals surface area contributed by atoms with Gasteiger partial charge in [-0.3, -0.25) is 0 Å². The standard InChI is InChI=1S/C16H19N5/c1-12(2)7-8-18-15-9-16(20-11-19-15)21-14-6-4-3-5-13(14)10-17/h3-6,9,11-12H,7-8H2,1-2H3,(H2,18,19,20,21). The van der Waals surface area contributed by atoms with Crippen LogP contribution in [0.1, 0.15) is 25.8 Å². The van der Waals surface area contributed by atoms with Crippen molar-refractivity contribution in [2.45, 2.75) is 20.3 Å². The molecule has 0 bridgehead atoms. The molecule has 2 aromatic rings. The lowest BCUT2D eigenvalue weighted by atomic mass is 10.1. The number of nitrogens with one attached hydrogen (secondary N) is 2. The Balaban J connectivity index is 2.06. The second-order valence-corrected chi connectivity index (χ2v) is 5.18. The predicted molar refractivity (Wildman–Crippen MR) is 84.4 cm³/mol. The first-order valence-electron chi connectivity index (χ1n) is 7.01. The van der Waals surface area contributed by atoms with Crippen LogP contribution in [-0.2, 0) is 0 Å². The van der Waals surface area contributed by atoms with E-state index < -0.39 is 0 Å². The first-order valence-corrected chi connectivity index (χ1v) is 7.01. The van der Waals surface area contributed by atoms with Crippen molar-refractivity contribution in [2.24, 2.45) is 5.92 Å². The average Bonchev–Trinajstić information content (AvgIpc) is 2.48. The van der Waals surface area contributed by atoms with Crippen LogP contribution >= 0.6 is 0 Å². The Morgan fingerprint density at radius 2 is 1.95 bits per heavy atom. The molecule has 0 saturated carbocycles. The molecule has 0 amide bonds. The fraction of sp³-hybridized carbons (Fsp3) is 0.312. The maximum atomic E-state index is 9.08. The normalized spacial score (nSPS) is 10.2. The Labute approximate surface area is 125 Å². The number of aromatic nitrogens is 2. The molecule has 0 aliphatic rings. The molecule has 21 heavy (non-hydrogen) atoms. The Hall–Kier alpha value is -2.61. The van der Waals surface area contributed by atoms with Crippen LogP contribution in [0.3, 0.4) is 0 Å². The summed E-state index contributed by atoms with van der Waals surface area (Å²) in [5, 5.41) is 15.5. The molecule has 0 spiro atoms. The lowest BCUT2D eigenvalue weighted by Gasteiger charge is -2.10. The van der Waals surface area contributed by atoms with Gasteiger partial charge >= 0.3 is 0 Å². The van der Waals surface area contributed by atoms with Gasteiger partial charge in [0.2, 0.25) is 0 Å². The highest BCUT2D eigenvalue weighted by atomic mass is 15.1. The summed E-state index contributed by atoms with van der Waals surface area (Å²) in [6.07, 6.45) is 2.60. The van der Waals surface area contributed by atoms with E-state index >= 15 is 0 Å². The van der Waals surface area contributed by atoms with Crippen molar-refractivity contribution in [3.63, 3.8) is 0 Å². The third kappa shape index (κ3) is 4.46. The number of hydrogen-bond acceptors (Lipinski definition) is 5. The largest absolute Gasteiger partial charge is 0.370 e. The number of rotatable bonds is 6. The maximum Gasteiger partial charge on any atom is 0.135 e. The molecule has 1 heterocycles. The third-order valence-electron chi connectivity index (χ3n) is 3.01. The molecule has 2 rings (SSSR count). The molecular weight excluding hydrogens is 262 g/mol. The van der Waals surface area contributed by atoms with Gasteiger partial charge < -0.3 is 10.6 Å². The van der Waals surface area contributed by atoms with Crippen LogP contribution in [0.15, 0.2) is 36.7 Å². The third-order valence-corrected chi connectivity index (χ3v) is 3.01. The number of nitrogens with zero attached hydrogens (tertiary/aromatic N) is 3. The van der Waals surface area contributed by atoms with Crippen LogP contribution in [0.2, 0.25) is 0 Å². The van der Waals surface area contributed by atoms with Crippen LogP contribution in [0.4, 0.5) is 17.3 Å². The Morgan fingerprint density at radius 3 is 2.71 bits per heavy atom. The van der Waals surface area contributed by atoms with Gasteiger partial charge in [-0.25, -0.2) is 9.97 Å². The quantitative estimate of drug-likeness (QED) is 0.847. The summed E-state index contributed by atoms with van der Waals surface area (Å²) in [6.45, 7) is 5.25. The molecule has 0 fully saturated rings. The highest BCUT2D eigenvalue weighted by Gasteiger charge is 2.03. The minimum Gasteiger partial charge on any atom is -0.370 e. The van der Waals surface area contributed by atoms with E-state index in [0.29, 0.717) is 17.3 Å². The Kier molecular flexibility index (Phi) is 5.10. The summed E-state index contributed by atoms with van der Waals surface area (Å²) in [7, 11) is 0. The SMILES string of the molecule is CC(C)CCNc1cc(Nc2ccccc2C#N)ncn1. The lowest BCUT2D eigenvalue weighted by Crippen LogP contribution is -2.07. The van der Waals surface area contributed by atoms with Gasteiger partial charge in [0.25, 0.3) is 0 Å². The van der Waals surface area contributed by atoms with Gasteiger partial charge in [0.05, 0.1) is 11.3 Å². The monoisotopic (exact) mass is 281 g/mol. The van der Waals surface area contributed by atoms with Gasteiger partial charge in [0, 0.05) is 12.6 Å². The highest BCUT2D eigenvalue weighted by molar-refractivity contribution is 5.65. The van der Waals surface area contributed by atoms with Gasteiger partial charge in [-0.15, -0.1) is 0 Å². The second kappa shape index (κ2) is 7.25. The molecule has 1 aromatic heterocycles. The number of nitriles is 1. The second-order valence-electron chi connectivity index (χ2n) is 5.18. The van der Waals surface area contributed by atoms with E-state index in [9.17, 15) is 0 Å². The molecule has 5 nitrogen and oxygen atoms in total. The van der Waals surface area contributed by atoms with E-state index in [0.717, 1.165) is 24.5 Å². The summed E-state index contributed by atoms with van der Waals surface area (Å²) < 4.78 is 0. The van der Waals surface area contributed by atoms with E-state index in [1.54, 1.807) is 6.07 Å². The van der Waals surface area contributed by atoms with Crippen LogP contribution in [0.25, 0.3) is 0 Å². The topological polar surface area (TPSA) is 73.6 Å². The molecule has 5 heteroatoms. The van der Waals surface area contributed by atoms with E-state index in [1.165, 1.54) is 6.33 Å². The van der Waals surface area contributed by atoms with Crippen molar-refractivity contribution in [3.05, 3.63) is 42.2 Å². The molecule has 0 unspecified atom stereocenters. The van der Waals surface area contributed by atoms with Gasteiger partial charge in [-0.2, -0.15) is 5.26 Å². The van der Waals surface area contributed by atoms with Crippen molar-refractivity contribution in [3.8, 4) is 6.07 Å². The van der Waals surface area contributed by atoms with Crippen molar-refractivity contribution in [2.75, 3.05) is 17.2 Å². The van der Waals surface area contributed by atoms with E-state index in [2.05, 4.69) is 40.5 Å². The minimum absolute atomic E-state index is 0.588. The Morgan fingerprint density at radius 1 is 1.19 bits per heavy atom. The number of para-hydroxylation sites is 1. The maximum absolute atomic E-state index is 9.08. The van der Waals surface area contributed by atoms with Crippen molar-refractivity contribution < 1.29 is 0 Å². The van der Waals surface area contributed by atoms with Gasteiger partial charge in [0.1, 0.15) is 24.0 Å². The smallest absolute Gasteiger partial charge is 0.135 e. The van der Waals surface area contributed by atoms with Crippen LogP contribution in [0.5, 0.6) is 0 Å². The average molecular weight is 281 g/mol. The number of hydrogen-bond donors (Lipinski definition) is 2. The van der Waals surface area contributed by atoms with Gasteiger partial charge in [0.15, 0.2) is 0 Å². The van der Waals surface area contributed by atoms with E-state index in [4.69, 9.17) is 5.26 Å². The molecule has 2 N–H and O–H groups in total. The van der Waals surface area contributed by atoms with E-state index in [-0.39, 0.29) is 0 Å². The molecule has 0 atom stereocenters. The number of benzene rings is 1. The molecule has 0 aliphatic carbocycles. The highest BCUT2D eigenvalue weighted by Crippen LogP contribution is 2.19. The minimum atomic E-state index is 0.588. The fourth-order valence-electron chi connectivity index (χ4n) is 1.84. The first kappa shape index (κ1) is 14.8. The fourth-order valence-corrected chi connectivity index (χ4v) is 1.84. The first-order chi connectivity index (χ1) is 10.2. The van der Waals surface area contributed by atoms with Crippen molar-refractivity contribution in [1.82, 2.24) is 9.97 Å². The molecular formula is C16H19N5. The van der Waals surface area contributed by atoms with Crippen LogP contribution < -0.4 is 10.6 Å². The van der Waals surface area contributed by atoms with Crippen LogP contribution in [-0.4, -0.2) is 16.5 Å². The summed E-state index contributed by atoms with van der Waals surface area (Å²) in [5.74, 6) is 2.10. The zero-order chi connectivity index (χ0) is 15.1. The number of anilines is 3. The van der Waals surface area contributed by atoms with Gasteiger partial charge in [-0.05, 0) is 24.5 Å². The summed E-state index contributed by atoms with van der Waals surface area (Å²) in [5.41, 5.74) is 1.33. The molecule has 1 aromatic carbocycles. The van der Waals surface area contributed by atoms with Crippen LogP contribution in [0, 0.1) is 17.2 Å². The molecule has 0 radical (unpaired) electrons. The van der Waals surface area contributed by atoms with E-state index in [1.807, 2.05) is 24.3 Å². The van der Waals surface area contributed by atoms with Crippen molar-refractivity contribution >= 4 is 17.3 Å². The van der Waals surface area contributed by atoms with Gasteiger partial charge in [-0.1, -0.05) is 26.0 Å². The van der Waals surface area contributed by atoms with Crippen molar-refractivity contribution in [1.29, 1.82) is 5.26 Å². The molecule has 0 saturated heterocycles. The Bertz CT molecular complexity index is 631. The molecule has 0 aliphatic heterocycles. The zero-order valence-electron chi connectivity index (χ0n) is 12.3. The lowest BCUT2D eigenvalue weighted by molar-refractivity contribution is 0.606. The summed E-state index contributed by atoms with van der Waals surface area (Å²) in [6, 6.07) is 11.3.